The molecule has 1 rings (SSSR count). The predicted octanol–water partition coefficient (Wildman–Crippen LogP) is 2.62. The second kappa shape index (κ2) is 7.47. The first-order valence-corrected chi connectivity index (χ1v) is 6.04. The van der Waals surface area contributed by atoms with Crippen LogP contribution < -0.4 is 5.32 Å². The van der Waals surface area contributed by atoms with E-state index in [0.29, 0.717) is 6.04 Å². The van der Waals surface area contributed by atoms with Crippen LogP contribution in [0.3, 0.4) is 0 Å². The molecule has 1 aromatic heterocycles. The van der Waals surface area contributed by atoms with Crippen molar-refractivity contribution in [2.45, 2.75) is 45.3 Å². The highest BCUT2D eigenvalue weighted by Gasteiger charge is 2.14. The lowest BCUT2D eigenvalue weighted by Crippen LogP contribution is -2.34. The molecule has 0 spiro atoms. The van der Waals surface area contributed by atoms with Crippen molar-refractivity contribution in [1.29, 1.82) is 0 Å². The molecule has 0 amide bonds. The summed E-state index contributed by atoms with van der Waals surface area (Å²) in [4.78, 5) is 0. The van der Waals surface area contributed by atoms with E-state index in [1.54, 1.807) is 13.4 Å². The highest BCUT2D eigenvalue weighted by molar-refractivity contribution is 5.00. The first-order valence-electron chi connectivity index (χ1n) is 6.04. The van der Waals surface area contributed by atoms with Crippen LogP contribution >= 0.6 is 0 Å². The van der Waals surface area contributed by atoms with Gasteiger partial charge in [0.2, 0.25) is 0 Å². The van der Waals surface area contributed by atoms with Crippen LogP contribution in [0.5, 0.6) is 0 Å². The molecule has 3 heteroatoms. The Balaban J connectivity index is 2.43. The van der Waals surface area contributed by atoms with Gasteiger partial charge in [0.1, 0.15) is 5.76 Å². The van der Waals surface area contributed by atoms with Gasteiger partial charge < -0.3 is 14.5 Å². The lowest BCUT2D eigenvalue weighted by atomic mass is 10.1. The second-order valence-electron chi connectivity index (χ2n) is 4.22. The molecule has 92 valence electrons. The third kappa shape index (κ3) is 4.81. The largest absolute Gasteiger partial charge is 0.469 e. The molecular formula is C13H23NO2. The van der Waals surface area contributed by atoms with Crippen LogP contribution in [0, 0.1) is 0 Å². The summed E-state index contributed by atoms with van der Waals surface area (Å²) in [5.41, 5.74) is 0. The van der Waals surface area contributed by atoms with Gasteiger partial charge in [0.15, 0.2) is 0 Å². The Kier molecular flexibility index (Phi) is 6.19. The first kappa shape index (κ1) is 13.3. The minimum absolute atomic E-state index is 0.282. The number of ether oxygens (including phenoxy) is 1. The van der Waals surface area contributed by atoms with Crippen LogP contribution in [0.1, 0.15) is 32.4 Å². The molecule has 3 nitrogen and oxygen atoms in total. The van der Waals surface area contributed by atoms with E-state index >= 15 is 0 Å². The molecule has 1 aromatic rings. The van der Waals surface area contributed by atoms with Crippen molar-refractivity contribution in [3.8, 4) is 0 Å². The van der Waals surface area contributed by atoms with Gasteiger partial charge in [-0.25, -0.2) is 0 Å². The second-order valence-corrected chi connectivity index (χ2v) is 4.22. The molecule has 0 radical (unpaired) electrons. The zero-order chi connectivity index (χ0) is 11.8. The number of methoxy groups -OCH3 is 1. The summed E-state index contributed by atoms with van der Waals surface area (Å²) in [6, 6.07) is 4.39. The summed E-state index contributed by atoms with van der Waals surface area (Å²) in [5, 5.41) is 3.53. The van der Waals surface area contributed by atoms with Crippen molar-refractivity contribution in [3.05, 3.63) is 24.2 Å². The van der Waals surface area contributed by atoms with Gasteiger partial charge in [0.25, 0.3) is 0 Å². The van der Waals surface area contributed by atoms with E-state index in [1.807, 2.05) is 12.1 Å². The zero-order valence-electron chi connectivity index (χ0n) is 10.5. The third-order valence-corrected chi connectivity index (χ3v) is 2.73. The Morgan fingerprint density at radius 2 is 2.31 bits per heavy atom. The number of furan rings is 1. The molecule has 0 fully saturated rings. The summed E-state index contributed by atoms with van der Waals surface area (Å²) in [6.07, 6.45) is 5.10. The fourth-order valence-electron chi connectivity index (χ4n) is 1.76. The van der Waals surface area contributed by atoms with Crippen LogP contribution in [0.2, 0.25) is 0 Å². The molecule has 0 aromatic carbocycles. The quantitative estimate of drug-likeness (QED) is 0.738. The fourth-order valence-corrected chi connectivity index (χ4v) is 1.76. The molecule has 0 saturated heterocycles. The zero-order valence-corrected chi connectivity index (χ0v) is 10.5. The van der Waals surface area contributed by atoms with E-state index in [2.05, 4.69) is 19.2 Å². The van der Waals surface area contributed by atoms with Gasteiger partial charge in [-0.2, -0.15) is 0 Å². The maximum atomic E-state index is 5.38. The smallest absolute Gasteiger partial charge is 0.105 e. The molecule has 0 bridgehead atoms. The van der Waals surface area contributed by atoms with Crippen LogP contribution in [0.4, 0.5) is 0 Å². The van der Waals surface area contributed by atoms with Crippen molar-refractivity contribution < 1.29 is 9.15 Å². The summed E-state index contributed by atoms with van der Waals surface area (Å²) in [7, 11) is 1.76. The standard InChI is InChI=1S/C13H23NO2/c1-4-7-14-12(9-11(2)15-3)10-13-6-5-8-16-13/h5-6,8,11-12,14H,4,7,9-10H2,1-3H3. The Morgan fingerprint density at radius 3 is 2.88 bits per heavy atom. The third-order valence-electron chi connectivity index (χ3n) is 2.73. The first-order chi connectivity index (χ1) is 7.76. The molecule has 0 aliphatic heterocycles. The number of rotatable bonds is 8. The summed E-state index contributed by atoms with van der Waals surface area (Å²) < 4.78 is 10.7. The Morgan fingerprint density at radius 1 is 1.50 bits per heavy atom. The van der Waals surface area contributed by atoms with E-state index in [-0.39, 0.29) is 6.10 Å². The maximum absolute atomic E-state index is 5.38. The number of nitrogens with one attached hydrogen (secondary N) is 1. The average Bonchev–Trinajstić information content (AvgIpc) is 2.78. The maximum Gasteiger partial charge on any atom is 0.105 e. The van der Waals surface area contributed by atoms with Crippen LogP contribution in [-0.2, 0) is 11.2 Å². The summed E-state index contributed by atoms with van der Waals surface area (Å²) in [5.74, 6) is 1.04. The van der Waals surface area contributed by atoms with E-state index in [4.69, 9.17) is 9.15 Å². The minimum Gasteiger partial charge on any atom is -0.469 e. The van der Waals surface area contributed by atoms with E-state index in [9.17, 15) is 0 Å². The fraction of sp³-hybridized carbons (Fsp3) is 0.692. The van der Waals surface area contributed by atoms with Crippen LogP contribution in [-0.4, -0.2) is 25.8 Å². The molecule has 16 heavy (non-hydrogen) atoms. The van der Waals surface area contributed by atoms with Gasteiger partial charge >= 0.3 is 0 Å². The lowest BCUT2D eigenvalue weighted by molar-refractivity contribution is 0.0997. The van der Waals surface area contributed by atoms with Gasteiger partial charge in [-0.3, -0.25) is 0 Å². The van der Waals surface area contributed by atoms with Crippen molar-refractivity contribution in [1.82, 2.24) is 5.32 Å². The molecule has 1 N–H and O–H groups in total. The molecule has 2 atom stereocenters. The van der Waals surface area contributed by atoms with Gasteiger partial charge in [0.05, 0.1) is 12.4 Å². The van der Waals surface area contributed by atoms with E-state index < -0.39 is 0 Å². The van der Waals surface area contributed by atoms with E-state index in [0.717, 1.165) is 31.6 Å². The van der Waals surface area contributed by atoms with Crippen LogP contribution in [0.25, 0.3) is 0 Å². The van der Waals surface area contributed by atoms with Gasteiger partial charge in [-0.15, -0.1) is 0 Å². The van der Waals surface area contributed by atoms with Crippen molar-refractivity contribution in [2.75, 3.05) is 13.7 Å². The SMILES string of the molecule is CCCNC(Cc1ccco1)CC(C)OC. The average molecular weight is 225 g/mol. The number of hydrogen-bond donors (Lipinski definition) is 1. The summed E-state index contributed by atoms with van der Waals surface area (Å²) >= 11 is 0. The Labute approximate surface area is 98.2 Å². The van der Waals surface area contributed by atoms with Gasteiger partial charge in [0, 0.05) is 19.6 Å². The van der Waals surface area contributed by atoms with Crippen molar-refractivity contribution >= 4 is 0 Å². The monoisotopic (exact) mass is 225 g/mol. The van der Waals surface area contributed by atoms with Crippen molar-refractivity contribution in [3.63, 3.8) is 0 Å². The lowest BCUT2D eigenvalue weighted by Gasteiger charge is -2.20. The van der Waals surface area contributed by atoms with Gasteiger partial charge in [-0.1, -0.05) is 6.92 Å². The normalized spacial score (nSPS) is 14.9. The molecular weight excluding hydrogens is 202 g/mol. The van der Waals surface area contributed by atoms with E-state index in [1.165, 1.54) is 0 Å². The highest BCUT2D eigenvalue weighted by Crippen LogP contribution is 2.10. The molecule has 0 aliphatic rings. The predicted molar refractivity (Wildman–Crippen MR) is 65.6 cm³/mol. The van der Waals surface area contributed by atoms with Gasteiger partial charge in [-0.05, 0) is 38.4 Å². The molecule has 2 unspecified atom stereocenters. The topological polar surface area (TPSA) is 34.4 Å². The number of hydrogen-bond acceptors (Lipinski definition) is 3. The Hall–Kier alpha value is -0.800. The molecule has 0 aliphatic carbocycles. The van der Waals surface area contributed by atoms with Crippen LogP contribution in [0.15, 0.2) is 22.8 Å². The minimum atomic E-state index is 0.282. The van der Waals surface area contributed by atoms with Crippen molar-refractivity contribution in [2.24, 2.45) is 0 Å². The highest BCUT2D eigenvalue weighted by atomic mass is 16.5. The Bertz CT molecular complexity index is 259. The molecule has 0 saturated carbocycles. The summed E-state index contributed by atoms with van der Waals surface area (Å²) in [6.45, 7) is 5.32. The molecule has 1 heterocycles.